The number of hydrogen-bond acceptors (Lipinski definition) is 1. The van der Waals surface area contributed by atoms with Crippen LogP contribution < -0.4 is 4.90 Å². The molecule has 0 atom stereocenters. The molecule has 0 bridgehead atoms. The van der Waals surface area contributed by atoms with E-state index in [-0.39, 0.29) is 5.41 Å². The molecule has 0 aromatic heterocycles. The number of anilines is 1. The molecule has 0 heterocycles. The highest BCUT2D eigenvalue weighted by atomic mass is 79.9. The Morgan fingerprint density at radius 3 is 1.74 bits per heavy atom. The van der Waals surface area contributed by atoms with E-state index in [0.29, 0.717) is 0 Å². The number of hydrogen-bond donors (Lipinski definition) is 0. The van der Waals surface area contributed by atoms with Crippen molar-refractivity contribution in [1.82, 2.24) is 0 Å². The fourth-order valence-corrected chi connectivity index (χ4v) is 5.70. The Kier molecular flexibility index (Phi) is 9.07. The summed E-state index contributed by atoms with van der Waals surface area (Å²) >= 11 is 3.78. The summed E-state index contributed by atoms with van der Waals surface area (Å²) in [6.07, 6.45) is 12.6. The van der Waals surface area contributed by atoms with Crippen molar-refractivity contribution >= 4 is 21.6 Å². The Labute approximate surface area is 199 Å². The van der Waals surface area contributed by atoms with Crippen molar-refractivity contribution in [3.63, 3.8) is 0 Å². The summed E-state index contributed by atoms with van der Waals surface area (Å²) in [7, 11) is 0. The van der Waals surface area contributed by atoms with Crippen LogP contribution in [0.1, 0.15) is 103 Å². The summed E-state index contributed by atoms with van der Waals surface area (Å²) in [6, 6.07) is 14.4. The van der Waals surface area contributed by atoms with Gasteiger partial charge < -0.3 is 4.90 Å². The monoisotopic (exact) mass is 483 g/mol. The molecule has 0 spiro atoms. The summed E-state index contributed by atoms with van der Waals surface area (Å²) in [5, 5.41) is 0. The lowest BCUT2D eigenvalue weighted by Crippen LogP contribution is -2.28. The number of nitrogens with zero attached hydrogens (tertiary/aromatic N) is 1. The second-order valence-electron chi connectivity index (χ2n) is 9.40. The molecule has 1 nitrogen and oxygen atoms in total. The third-order valence-electron chi connectivity index (χ3n) is 7.15. The highest BCUT2D eigenvalue weighted by Crippen LogP contribution is 2.55. The zero-order valence-electron chi connectivity index (χ0n) is 20.3. The van der Waals surface area contributed by atoms with E-state index in [1.807, 2.05) is 0 Å². The minimum absolute atomic E-state index is 0.164. The molecule has 0 saturated heterocycles. The van der Waals surface area contributed by atoms with E-state index in [0.717, 1.165) is 0 Å². The maximum atomic E-state index is 3.78. The normalized spacial score (nSPS) is 13.8. The van der Waals surface area contributed by atoms with Gasteiger partial charge in [-0.3, -0.25) is 0 Å². The first kappa shape index (κ1) is 24.4. The van der Waals surface area contributed by atoms with Crippen molar-refractivity contribution in [2.75, 3.05) is 18.0 Å². The minimum atomic E-state index is 0.164. The highest BCUT2D eigenvalue weighted by Gasteiger charge is 2.42. The summed E-state index contributed by atoms with van der Waals surface area (Å²) in [6.45, 7) is 11.6. The average molecular weight is 485 g/mol. The van der Waals surface area contributed by atoms with Crippen LogP contribution in [-0.2, 0) is 5.41 Å². The number of fused-ring (bicyclic) bond motifs is 3. The first-order chi connectivity index (χ1) is 15.1. The molecule has 170 valence electrons. The molecule has 31 heavy (non-hydrogen) atoms. The SMILES string of the molecule is CCCCN(CCCC)c1ccc2c(c1)C(CCCC)(CCCC)c1cc(Br)ccc1-2. The van der Waals surface area contributed by atoms with Gasteiger partial charge in [0, 0.05) is 28.7 Å². The summed E-state index contributed by atoms with van der Waals surface area (Å²) < 4.78 is 1.21. The molecule has 0 aliphatic heterocycles. The van der Waals surface area contributed by atoms with Crippen LogP contribution in [0.5, 0.6) is 0 Å². The number of rotatable bonds is 13. The summed E-state index contributed by atoms with van der Waals surface area (Å²) in [5.41, 5.74) is 7.69. The van der Waals surface area contributed by atoms with Crippen LogP contribution >= 0.6 is 15.9 Å². The van der Waals surface area contributed by atoms with Crippen LogP contribution in [0.2, 0.25) is 0 Å². The second kappa shape index (κ2) is 11.5. The maximum absolute atomic E-state index is 3.78. The molecule has 2 aromatic rings. The van der Waals surface area contributed by atoms with Crippen LogP contribution in [0, 0.1) is 0 Å². The van der Waals surface area contributed by atoms with Crippen molar-refractivity contribution in [2.24, 2.45) is 0 Å². The lowest BCUT2D eigenvalue weighted by molar-refractivity contribution is 0.414. The van der Waals surface area contributed by atoms with Gasteiger partial charge in [-0.05, 0) is 72.2 Å². The predicted molar refractivity (Wildman–Crippen MR) is 141 cm³/mol. The molecular weight excluding hydrogens is 442 g/mol. The van der Waals surface area contributed by atoms with E-state index in [1.54, 1.807) is 11.1 Å². The highest BCUT2D eigenvalue weighted by molar-refractivity contribution is 9.10. The lowest BCUT2D eigenvalue weighted by Gasteiger charge is -2.34. The third-order valence-corrected chi connectivity index (χ3v) is 7.64. The van der Waals surface area contributed by atoms with Crippen LogP contribution in [0.25, 0.3) is 11.1 Å². The van der Waals surface area contributed by atoms with Gasteiger partial charge in [-0.2, -0.15) is 0 Å². The molecule has 0 amide bonds. The fourth-order valence-electron chi connectivity index (χ4n) is 5.34. The number of unbranched alkanes of at least 4 members (excludes halogenated alkanes) is 4. The van der Waals surface area contributed by atoms with Crippen molar-refractivity contribution in [3.8, 4) is 11.1 Å². The largest absolute Gasteiger partial charge is 0.372 e. The van der Waals surface area contributed by atoms with Gasteiger partial charge >= 0.3 is 0 Å². The molecule has 2 heteroatoms. The molecule has 0 N–H and O–H groups in total. The van der Waals surface area contributed by atoms with Gasteiger partial charge in [0.05, 0.1) is 0 Å². The molecular formula is C29H42BrN. The zero-order valence-corrected chi connectivity index (χ0v) is 21.9. The van der Waals surface area contributed by atoms with E-state index in [1.165, 1.54) is 98.6 Å². The molecule has 0 fully saturated rings. The van der Waals surface area contributed by atoms with E-state index >= 15 is 0 Å². The van der Waals surface area contributed by atoms with Gasteiger partial charge in [-0.25, -0.2) is 0 Å². The van der Waals surface area contributed by atoms with Gasteiger partial charge in [-0.15, -0.1) is 0 Å². The van der Waals surface area contributed by atoms with Gasteiger partial charge in [-0.1, -0.05) is 94.3 Å². The molecule has 1 aliphatic carbocycles. The van der Waals surface area contributed by atoms with Gasteiger partial charge in [0.2, 0.25) is 0 Å². The predicted octanol–water partition coefficient (Wildman–Crippen LogP) is 9.50. The molecule has 2 aromatic carbocycles. The number of halogens is 1. The average Bonchev–Trinajstić information content (AvgIpc) is 3.05. The summed E-state index contributed by atoms with van der Waals surface area (Å²) in [5.74, 6) is 0. The maximum Gasteiger partial charge on any atom is 0.0369 e. The molecule has 0 saturated carbocycles. The first-order valence-corrected chi connectivity index (χ1v) is 13.6. The summed E-state index contributed by atoms with van der Waals surface area (Å²) in [4.78, 5) is 2.65. The van der Waals surface area contributed by atoms with Gasteiger partial charge in [0.15, 0.2) is 0 Å². The second-order valence-corrected chi connectivity index (χ2v) is 10.3. The van der Waals surface area contributed by atoms with Crippen LogP contribution in [0.15, 0.2) is 40.9 Å². The van der Waals surface area contributed by atoms with Crippen LogP contribution in [0.4, 0.5) is 5.69 Å². The van der Waals surface area contributed by atoms with E-state index < -0.39 is 0 Å². The smallest absolute Gasteiger partial charge is 0.0369 e. The first-order valence-electron chi connectivity index (χ1n) is 12.8. The minimum Gasteiger partial charge on any atom is -0.372 e. The number of benzene rings is 2. The Hall–Kier alpha value is -1.28. The van der Waals surface area contributed by atoms with Gasteiger partial charge in [0.1, 0.15) is 0 Å². The van der Waals surface area contributed by atoms with Gasteiger partial charge in [0.25, 0.3) is 0 Å². The Morgan fingerprint density at radius 1 is 0.677 bits per heavy atom. The molecule has 3 rings (SSSR count). The Bertz CT molecular complexity index is 825. The third kappa shape index (κ3) is 5.21. The quantitative estimate of drug-likeness (QED) is 0.274. The molecule has 0 radical (unpaired) electrons. The fraction of sp³-hybridized carbons (Fsp3) is 0.586. The lowest BCUT2D eigenvalue weighted by atomic mass is 9.71. The van der Waals surface area contributed by atoms with Crippen molar-refractivity contribution in [3.05, 3.63) is 52.0 Å². The Morgan fingerprint density at radius 2 is 1.19 bits per heavy atom. The van der Waals surface area contributed by atoms with Crippen LogP contribution in [-0.4, -0.2) is 13.1 Å². The van der Waals surface area contributed by atoms with Crippen molar-refractivity contribution in [1.29, 1.82) is 0 Å². The van der Waals surface area contributed by atoms with E-state index in [4.69, 9.17) is 0 Å². The van der Waals surface area contributed by atoms with E-state index in [9.17, 15) is 0 Å². The zero-order chi connectivity index (χ0) is 22.3. The standard InChI is InChI=1S/C29H42BrN/c1-5-9-17-29(18-10-6-2)27-21-23(30)13-15-25(27)26-16-14-24(22-28(26)29)31(19-11-7-3)20-12-8-4/h13-16,21-22H,5-12,17-20H2,1-4H3. The van der Waals surface area contributed by atoms with E-state index in [2.05, 4.69) is 84.9 Å². The molecule has 0 unspecified atom stereocenters. The van der Waals surface area contributed by atoms with Crippen molar-refractivity contribution in [2.45, 2.75) is 97.3 Å². The molecule has 1 aliphatic rings. The topological polar surface area (TPSA) is 3.24 Å². The Balaban J connectivity index is 2.12. The van der Waals surface area contributed by atoms with Crippen molar-refractivity contribution < 1.29 is 0 Å². The van der Waals surface area contributed by atoms with Crippen LogP contribution in [0.3, 0.4) is 0 Å².